The summed E-state index contributed by atoms with van der Waals surface area (Å²) >= 11 is 6.44. The van der Waals surface area contributed by atoms with Crippen molar-refractivity contribution >= 4 is 57.4 Å². The summed E-state index contributed by atoms with van der Waals surface area (Å²) in [5.41, 5.74) is 4.78. The summed E-state index contributed by atoms with van der Waals surface area (Å²) in [7, 11) is 0. The molecular weight excluding hydrogens is 737 g/mol. The summed E-state index contributed by atoms with van der Waals surface area (Å²) in [6.07, 6.45) is -1.70. The Morgan fingerprint density at radius 2 is 1.73 bits per heavy atom. The van der Waals surface area contributed by atoms with Crippen molar-refractivity contribution in [1.29, 1.82) is 0 Å². The molecule has 1 aliphatic carbocycles. The van der Waals surface area contributed by atoms with Crippen molar-refractivity contribution in [1.82, 2.24) is 29.4 Å². The quantitative estimate of drug-likeness (QED) is 0.154. The van der Waals surface area contributed by atoms with E-state index in [1.54, 1.807) is 55.5 Å². The van der Waals surface area contributed by atoms with Crippen LogP contribution in [0.5, 0.6) is 0 Å². The zero-order chi connectivity index (χ0) is 38.9. The maximum Gasteiger partial charge on any atom is 0.417 e. The van der Waals surface area contributed by atoms with Gasteiger partial charge in [-0.2, -0.15) is 13.2 Å². The maximum absolute atomic E-state index is 14.3. The fourth-order valence-electron chi connectivity index (χ4n) is 7.26. The first-order chi connectivity index (χ1) is 26.2. The third kappa shape index (κ3) is 6.33. The van der Waals surface area contributed by atoms with Crippen LogP contribution in [0.15, 0.2) is 83.8 Å². The lowest BCUT2D eigenvalue weighted by atomic mass is 9.98. The molecule has 4 N–H and O–H groups in total. The summed E-state index contributed by atoms with van der Waals surface area (Å²) in [6, 6.07) is 18.0. The zero-order valence-electron chi connectivity index (χ0n) is 29.3. The fourth-order valence-corrected chi connectivity index (χ4v) is 7.52. The molecule has 8 rings (SSSR count). The number of aromatic nitrogens is 4. The first-order valence-electron chi connectivity index (χ1n) is 17.4. The Morgan fingerprint density at radius 3 is 2.44 bits per heavy atom. The number of hydrogen-bond acceptors (Lipinski definition) is 7. The van der Waals surface area contributed by atoms with E-state index in [4.69, 9.17) is 17.3 Å². The Morgan fingerprint density at radius 1 is 0.982 bits per heavy atom. The summed E-state index contributed by atoms with van der Waals surface area (Å²) in [6.45, 7) is 3.47. The molecule has 16 heteroatoms. The number of nitrogen functional groups attached to an aromatic ring is 1. The van der Waals surface area contributed by atoms with Crippen LogP contribution in [-0.4, -0.2) is 47.8 Å². The minimum absolute atomic E-state index is 0.0410. The van der Waals surface area contributed by atoms with Crippen LogP contribution in [0.3, 0.4) is 0 Å². The van der Waals surface area contributed by atoms with Gasteiger partial charge in [-0.25, -0.2) is 9.50 Å². The number of pyridine rings is 1. The molecule has 12 nitrogen and oxygen atoms in total. The largest absolute Gasteiger partial charge is 0.417 e. The van der Waals surface area contributed by atoms with Crippen LogP contribution in [0, 0.1) is 5.92 Å². The van der Waals surface area contributed by atoms with Gasteiger partial charge in [0.05, 0.1) is 27.6 Å². The Balaban J connectivity index is 1.09. The molecule has 0 spiro atoms. The number of para-hydroxylation sites is 1. The molecule has 2 atom stereocenters. The van der Waals surface area contributed by atoms with Gasteiger partial charge in [0.25, 0.3) is 23.3 Å². The summed E-state index contributed by atoms with van der Waals surface area (Å²) in [5.74, 6) is -2.36. The lowest BCUT2D eigenvalue weighted by molar-refractivity contribution is -0.138. The average molecular weight is 769 g/mol. The Kier molecular flexibility index (Phi) is 8.63. The predicted molar refractivity (Wildman–Crippen MR) is 199 cm³/mol. The van der Waals surface area contributed by atoms with Gasteiger partial charge in [0.1, 0.15) is 11.4 Å². The fraction of sp³-hybridized carbons (Fsp3) is 0.231. The van der Waals surface area contributed by atoms with Crippen molar-refractivity contribution < 1.29 is 27.6 Å². The number of alkyl halides is 3. The number of nitrogens with one attached hydrogen (secondary N) is 2. The normalized spacial score (nSPS) is 15.3. The van der Waals surface area contributed by atoms with Crippen molar-refractivity contribution in [2.24, 2.45) is 5.92 Å². The highest BCUT2D eigenvalue weighted by Crippen LogP contribution is 2.42. The number of nitrogens with zero attached hydrogens (tertiary/aromatic N) is 5. The summed E-state index contributed by atoms with van der Waals surface area (Å²) in [5, 5.41) is 10.7. The SMILES string of the molecule is C[C@H](NC(=O)c1c(N)nn2ccc(NC(=O)c3cc4c(c(C(F)(F)F)c3)C(=O)N([C@@H](C)C3CC3)C4)nc12)c1cc2cccc(Cl)c2c(=O)n1-c1ccccc1. The third-order valence-corrected chi connectivity index (χ3v) is 10.5. The second kappa shape index (κ2) is 13.3. The van der Waals surface area contributed by atoms with Gasteiger partial charge in [-0.15, -0.1) is 5.10 Å². The van der Waals surface area contributed by atoms with Crippen LogP contribution in [0.25, 0.3) is 22.1 Å². The van der Waals surface area contributed by atoms with Crippen LogP contribution in [-0.2, 0) is 12.7 Å². The molecular formula is C39H32ClF3N8O4. The molecule has 4 heterocycles. The molecule has 3 amide bonds. The standard InChI is InChI=1S/C39H32ClF3N8O4/c1-19(28-17-22-7-6-10-27(40)31(22)38(55)51(28)25-8-4-3-5-9-25)45-36(53)32-33(44)48-50-14-13-29(46-34(32)50)47-35(52)23-15-24-18-49(20(2)21-11-12-21)37(54)30(24)26(16-23)39(41,42)43/h3-10,13-17,19-21H,11-12,18H2,1-2H3,(H2,44,48)(H,45,53)(H,46,47,52)/t19-,20-/m0/s1. The van der Waals surface area contributed by atoms with Gasteiger partial charge in [0, 0.05) is 35.7 Å². The Hall–Kier alpha value is -6.22. The molecule has 2 aliphatic rings. The minimum atomic E-state index is -4.89. The number of carbonyl (C=O) groups is 3. The van der Waals surface area contributed by atoms with Gasteiger partial charge < -0.3 is 21.3 Å². The van der Waals surface area contributed by atoms with Crippen LogP contribution in [0.4, 0.5) is 24.8 Å². The van der Waals surface area contributed by atoms with Crippen LogP contribution < -0.4 is 21.9 Å². The van der Waals surface area contributed by atoms with Gasteiger partial charge in [-0.3, -0.25) is 23.7 Å². The molecule has 0 radical (unpaired) electrons. The monoisotopic (exact) mass is 768 g/mol. The van der Waals surface area contributed by atoms with E-state index in [-0.39, 0.29) is 63.1 Å². The molecule has 1 fully saturated rings. The van der Waals surface area contributed by atoms with E-state index in [1.165, 1.54) is 32.3 Å². The molecule has 3 aromatic heterocycles. The van der Waals surface area contributed by atoms with E-state index in [0.717, 1.165) is 12.8 Å². The highest BCUT2D eigenvalue weighted by Gasteiger charge is 2.45. The van der Waals surface area contributed by atoms with Crippen molar-refractivity contribution in [2.75, 3.05) is 11.1 Å². The molecule has 55 heavy (non-hydrogen) atoms. The van der Waals surface area contributed by atoms with Crippen molar-refractivity contribution in [2.45, 2.75) is 51.5 Å². The van der Waals surface area contributed by atoms with Crippen molar-refractivity contribution in [3.05, 3.63) is 128 Å². The average Bonchev–Trinajstić information content (AvgIpc) is 3.87. The van der Waals surface area contributed by atoms with Crippen molar-refractivity contribution in [3.63, 3.8) is 0 Å². The predicted octanol–water partition coefficient (Wildman–Crippen LogP) is 6.79. The molecule has 1 saturated carbocycles. The first-order valence-corrected chi connectivity index (χ1v) is 17.8. The van der Waals surface area contributed by atoms with Gasteiger partial charge in [-0.05, 0) is 86.0 Å². The second-order valence-corrected chi connectivity index (χ2v) is 14.2. The van der Waals surface area contributed by atoms with Gasteiger partial charge in [-0.1, -0.05) is 41.9 Å². The number of halogens is 4. The van der Waals surface area contributed by atoms with Crippen LogP contribution in [0.1, 0.15) is 80.6 Å². The number of nitrogens with two attached hydrogens (primary N) is 1. The summed E-state index contributed by atoms with van der Waals surface area (Å²) in [4.78, 5) is 60.2. The number of anilines is 2. The lowest BCUT2D eigenvalue weighted by Crippen LogP contribution is -2.35. The van der Waals surface area contributed by atoms with E-state index in [2.05, 4.69) is 20.7 Å². The smallest absolute Gasteiger partial charge is 0.381 e. The van der Waals surface area contributed by atoms with E-state index in [0.29, 0.717) is 28.2 Å². The van der Waals surface area contributed by atoms with Gasteiger partial charge in [0.15, 0.2) is 11.5 Å². The molecule has 0 saturated heterocycles. The Bertz CT molecular complexity index is 2640. The summed E-state index contributed by atoms with van der Waals surface area (Å²) < 4.78 is 45.6. The van der Waals surface area contributed by atoms with E-state index in [9.17, 15) is 32.3 Å². The van der Waals surface area contributed by atoms with Crippen LogP contribution in [0.2, 0.25) is 5.02 Å². The molecule has 6 aromatic rings. The number of amides is 3. The van der Waals surface area contributed by atoms with E-state index >= 15 is 0 Å². The van der Waals surface area contributed by atoms with E-state index in [1.807, 2.05) is 13.0 Å². The Labute approximate surface area is 315 Å². The topological polar surface area (TPSA) is 157 Å². The molecule has 1 aliphatic heterocycles. The number of benzene rings is 3. The number of fused-ring (bicyclic) bond motifs is 3. The second-order valence-electron chi connectivity index (χ2n) is 13.8. The first kappa shape index (κ1) is 35.8. The molecule has 0 unspecified atom stereocenters. The highest BCUT2D eigenvalue weighted by atomic mass is 35.5. The highest BCUT2D eigenvalue weighted by molar-refractivity contribution is 6.35. The molecule has 3 aromatic carbocycles. The molecule has 0 bridgehead atoms. The van der Waals surface area contributed by atoms with Gasteiger partial charge >= 0.3 is 6.18 Å². The third-order valence-electron chi connectivity index (χ3n) is 10.2. The number of rotatable bonds is 8. The number of hydrogen-bond donors (Lipinski definition) is 3. The lowest BCUT2D eigenvalue weighted by Gasteiger charge is -2.24. The van der Waals surface area contributed by atoms with Gasteiger partial charge in [0.2, 0.25) is 0 Å². The minimum Gasteiger partial charge on any atom is -0.381 e. The zero-order valence-corrected chi connectivity index (χ0v) is 30.1. The van der Waals surface area contributed by atoms with E-state index < -0.39 is 41.1 Å². The molecule has 280 valence electrons. The number of carbonyl (C=O) groups excluding carboxylic acids is 3. The maximum atomic E-state index is 14.3. The van der Waals surface area contributed by atoms with Crippen LogP contribution >= 0.6 is 11.6 Å². The van der Waals surface area contributed by atoms with Crippen molar-refractivity contribution in [3.8, 4) is 5.69 Å².